The molecule has 2 N–H and O–H groups in total. The van der Waals surface area contributed by atoms with Crippen LogP contribution in [0.25, 0.3) is 0 Å². The van der Waals surface area contributed by atoms with Crippen molar-refractivity contribution in [3.8, 4) is 5.75 Å². The van der Waals surface area contributed by atoms with Crippen LogP contribution in [0.2, 0.25) is 0 Å². The van der Waals surface area contributed by atoms with E-state index in [0.717, 1.165) is 36.6 Å². The topological polar surface area (TPSA) is 77.9 Å². The summed E-state index contributed by atoms with van der Waals surface area (Å²) in [5, 5.41) is 4.31. The lowest BCUT2D eigenvalue weighted by Gasteiger charge is -2.35. The Labute approximate surface area is 154 Å². The number of nitrogen functional groups attached to an aromatic ring is 1. The molecule has 1 aromatic carbocycles. The molecule has 1 saturated heterocycles. The fourth-order valence-electron chi connectivity index (χ4n) is 3.13. The van der Waals surface area contributed by atoms with Crippen molar-refractivity contribution in [1.82, 2.24) is 14.6 Å². The van der Waals surface area contributed by atoms with Crippen molar-refractivity contribution in [2.75, 3.05) is 32.0 Å². The van der Waals surface area contributed by atoms with Gasteiger partial charge in [-0.1, -0.05) is 0 Å². The third-order valence-corrected chi connectivity index (χ3v) is 4.22. The van der Waals surface area contributed by atoms with Crippen LogP contribution >= 0.6 is 0 Å². The first kappa shape index (κ1) is 18.4. The predicted molar refractivity (Wildman–Crippen MR) is 103 cm³/mol. The highest BCUT2D eigenvalue weighted by Crippen LogP contribution is 2.13. The zero-order valence-corrected chi connectivity index (χ0v) is 15.6. The third kappa shape index (κ3) is 5.06. The number of anilines is 1. The number of imidazole rings is 1. The maximum absolute atomic E-state index is 5.86. The summed E-state index contributed by atoms with van der Waals surface area (Å²) < 4.78 is 13.2. The maximum Gasteiger partial charge on any atom is 0.221 e. The van der Waals surface area contributed by atoms with Crippen molar-refractivity contribution in [2.45, 2.75) is 33.0 Å². The normalized spacial score (nSPS) is 21.3. The number of aryl methyl sites for hydroxylation is 1. The molecule has 1 aromatic heterocycles. The Morgan fingerprint density at radius 3 is 2.58 bits per heavy atom. The van der Waals surface area contributed by atoms with Crippen LogP contribution in [0.1, 0.15) is 25.1 Å². The van der Waals surface area contributed by atoms with Crippen LogP contribution in [0, 0.1) is 6.92 Å². The fraction of sp³-hybridized carbons (Fsp3) is 0.474. The van der Waals surface area contributed by atoms with Crippen LogP contribution in [0.15, 0.2) is 35.6 Å². The van der Waals surface area contributed by atoms with Gasteiger partial charge in [-0.25, -0.2) is 9.66 Å². The minimum atomic E-state index is 0.283. The van der Waals surface area contributed by atoms with Crippen LogP contribution in [0.5, 0.6) is 5.75 Å². The van der Waals surface area contributed by atoms with Crippen LogP contribution in [-0.4, -0.2) is 59.2 Å². The average Bonchev–Trinajstić information content (AvgIpc) is 2.91. The molecule has 0 amide bonds. The highest BCUT2D eigenvalue weighted by atomic mass is 16.5. The standard InChI is InChI=1S/C19H27N5O2/c1-14-11-24(19(20)22-14)21-10-17-4-6-18(7-5-17)25-9-8-23-12-15(2)26-16(3)13-23/h4-7,10-11,15-16H,8-9,12-13H2,1-3H3,(H2,20,22). The summed E-state index contributed by atoms with van der Waals surface area (Å²) in [6.07, 6.45) is 4.10. The van der Waals surface area contributed by atoms with Gasteiger partial charge in [-0.05, 0) is 50.6 Å². The summed E-state index contributed by atoms with van der Waals surface area (Å²) in [5.41, 5.74) is 7.58. The zero-order valence-electron chi connectivity index (χ0n) is 15.6. The molecule has 1 aliphatic heterocycles. The molecule has 140 valence electrons. The van der Waals surface area contributed by atoms with Crippen LogP contribution in [0.3, 0.4) is 0 Å². The molecule has 0 radical (unpaired) electrons. The lowest BCUT2D eigenvalue weighted by atomic mass is 10.2. The Hall–Kier alpha value is -2.38. The summed E-state index contributed by atoms with van der Waals surface area (Å²) in [6.45, 7) is 9.59. The van der Waals surface area contributed by atoms with Gasteiger partial charge in [0.05, 0.1) is 30.3 Å². The molecule has 2 unspecified atom stereocenters. The van der Waals surface area contributed by atoms with Gasteiger partial charge in [-0.15, -0.1) is 0 Å². The quantitative estimate of drug-likeness (QED) is 0.802. The molecule has 0 saturated carbocycles. The summed E-state index contributed by atoms with van der Waals surface area (Å²) in [6, 6.07) is 7.85. The number of aromatic nitrogens is 2. The first-order valence-corrected chi connectivity index (χ1v) is 8.96. The minimum Gasteiger partial charge on any atom is -0.492 e. The molecular weight excluding hydrogens is 330 g/mol. The molecule has 0 aliphatic carbocycles. The highest BCUT2D eigenvalue weighted by Gasteiger charge is 2.21. The van der Waals surface area contributed by atoms with Gasteiger partial charge in [0.2, 0.25) is 5.95 Å². The second-order valence-corrected chi connectivity index (χ2v) is 6.76. The summed E-state index contributed by atoms with van der Waals surface area (Å²) in [7, 11) is 0. The predicted octanol–water partition coefficient (Wildman–Crippen LogP) is 2.14. The van der Waals surface area contributed by atoms with Gasteiger partial charge in [-0.2, -0.15) is 5.10 Å². The molecule has 0 spiro atoms. The molecule has 2 heterocycles. The van der Waals surface area contributed by atoms with E-state index in [2.05, 4.69) is 28.8 Å². The molecule has 2 atom stereocenters. The minimum absolute atomic E-state index is 0.283. The number of rotatable bonds is 6. The fourth-order valence-corrected chi connectivity index (χ4v) is 3.13. The smallest absolute Gasteiger partial charge is 0.221 e. The van der Waals surface area contributed by atoms with E-state index in [9.17, 15) is 0 Å². The van der Waals surface area contributed by atoms with Crippen LogP contribution in [-0.2, 0) is 4.74 Å². The molecule has 7 heteroatoms. The van der Waals surface area contributed by atoms with Gasteiger partial charge in [0.15, 0.2) is 0 Å². The van der Waals surface area contributed by atoms with Crippen molar-refractivity contribution in [3.63, 3.8) is 0 Å². The number of morpholine rings is 1. The number of hydrogen-bond acceptors (Lipinski definition) is 6. The number of nitrogens with two attached hydrogens (primary N) is 1. The maximum atomic E-state index is 5.86. The van der Waals surface area contributed by atoms with E-state index in [1.165, 1.54) is 0 Å². The Morgan fingerprint density at radius 2 is 1.96 bits per heavy atom. The Bertz CT molecular complexity index is 731. The first-order chi connectivity index (χ1) is 12.5. The van der Waals surface area contributed by atoms with Crippen LogP contribution < -0.4 is 10.5 Å². The second kappa shape index (κ2) is 8.33. The average molecular weight is 357 g/mol. The third-order valence-electron chi connectivity index (χ3n) is 4.22. The van der Waals surface area contributed by atoms with Crippen molar-refractivity contribution >= 4 is 12.2 Å². The zero-order chi connectivity index (χ0) is 18.5. The first-order valence-electron chi connectivity index (χ1n) is 8.96. The number of hydrogen-bond donors (Lipinski definition) is 1. The van der Waals surface area contributed by atoms with E-state index in [-0.39, 0.29) is 12.2 Å². The molecule has 7 nitrogen and oxygen atoms in total. The molecule has 2 aromatic rings. The van der Waals surface area contributed by atoms with E-state index in [4.69, 9.17) is 15.2 Å². The molecule has 1 aliphatic rings. The van der Waals surface area contributed by atoms with Gasteiger partial charge >= 0.3 is 0 Å². The molecule has 0 bridgehead atoms. The largest absolute Gasteiger partial charge is 0.492 e. The van der Waals surface area contributed by atoms with Gasteiger partial charge < -0.3 is 15.2 Å². The van der Waals surface area contributed by atoms with Crippen molar-refractivity contribution in [3.05, 3.63) is 41.7 Å². The Morgan fingerprint density at radius 1 is 1.27 bits per heavy atom. The van der Waals surface area contributed by atoms with E-state index >= 15 is 0 Å². The summed E-state index contributed by atoms with van der Waals surface area (Å²) >= 11 is 0. The molecule has 1 fully saturated rings. The summed E-state index contributed by atoms with van der Waals surface area (Å²) in [4.78, 5) is 6.50. The van der Waals surface area contributed by atoms with E-state index in [1.807, 2.05) is 31.2 Å². The second-order valence-electron chi connectivity index (χ2n) is 6.76. The number of ether oxygens (including phenoxy) is 2. The molecular formula is C19H27N5O2. The van der Waals surface area contributed by atoms with Crippen molar-refractivity contribution in [2.24, 2.45) is 5.10 Å². The molecule has 26 heavy (non-hydrogen) atoms. The number of nitrogens with zero attached hydrogens (tertiary/aromatic N) is 4. The summed E-state index contributed by atoms with van der Waals surface area (Å²) in [5.74, 6) is 1.24. The SMILES string of the molecule is Cc1cn(N=Cc2ccc(OCCN3CC(C)OC(C)C3)cc2)c(N)n1. The monoisotopic (exact) mass is 357 g/mol. The van der Waals surface area contributed by atoms with Crippen molar-refractivity contribution in [1.29, 1.82) is 0 Å². The van der Waals surface area contributed by atoms with Crippen molar-refractivity contribution < 1.29 is 9.47 Å². The van der Waals surface area contributed by atoms with Gasteiger partial charge in [0.25, 0.3) is 0 Å². The van der Waals surface area contributed by atoms with Gasteiger partial charge in [0.1, 0.15) is 12.4 Å². The van der Waals surface area contributed by atoms with E-state index < -0.39 is 0 Å². The number of benzene rings is 1. The lowest BCUT2D eigenvalue weighted by molar-refractivity contribution is -0.0699. The van der Waals surface area contributed by atoms with Crippen LogP contribution in [0.4, 0.5) is 5.95 Å². The lowest BCUT2D eigenvalue weighted by Crippen LogP contribution is -2.46. The van der Waals surface area contributed by atoms with E-state index in [0.29, 0.717) is 12.6 Å². The van der Waals surface area contributed by atoms with E-state index in [1.54, 1.807) is 17.1 Å². The Kier molecular flexibility index (Phi) is 5.90. The highest BCUT2D eigenvalue weighted by molar-refractivity contribution is 5.79. The van der Waals surface area contributed by atoms with Gasteiger partial charge in [-0.3, -0.25) is 4.90 Å². The molecule has 3 rings (SSSR count). The Balaban J connectivity index is 1.48. The van der Waals surface area contributed by atoms with Gasteiger partial charge in [0, 0.05) is 19.6 Å².